The maximum atomic E-state index is 12.4. The highest BCUT2D eigenvalue weighted by molar-refractivity contribution is 5.85. The van der Waals surface area contributed by atoms with Crippen molar-refractivity contribution in [1.29, 1.82) is 0 Å². The maximum absolute atomic E-state index is 12.4. The molecule has 0 spiro atoms. The molecule has 148 valence electrons. The van der Waals surface area contributed by atoms with E-state index in [0.717, 1.165) is 69.9 Å². The molecule has 1 saturated carbocycles. The Labute approximate surface area is 171 Å². The van der Waals surface area contributed by atoms with Gasteiger partial charge in [-0.1, -0.05) is 0 Å². The maximum Gasteiger partial charge on any atom is 0.225 e. The summed E-state index contributed by atoms with van der Waals surface area (Å²) in [6.45, 7) is 4.43. The summed E-state index contributed by atoms with van der Waals surface area (Å²) >= 11 is 0. The minimum absolute atomic E-state index is 0. The van der Waals surface area contributed by atoms with Crippen LogP contribution in [0.4, 0.5) is 0 Å². The van der Waals surface area contributed by atoms with Gasteiger partial charge >= 0.3 is 0 Å². The number of carbonyl (C=O) groups excluding carboxylic acids is 1. The van der Waals surface area contributed by atoms with Crippen molar-refractivity contribution in [2.75, 3.05) is 19.6 Å². The van der Waals surface area contributed by atoms with Crippen molar-refractivity contribution >= 4 is 30.7 Å². The van der Waals surface area contributed by atoms with E-state index < -0.39 is 0 Å². The zero-order valence-electron chi connectivity index (χ0n) is 15.2. The largest absolute Gasteiger partial charge is 0.340 e. The first-order chi connectivity index (χ1) is 12.3. The minimum atomic E-state index is 0. The van der Waals surface area contributed by atoms with Crippen LogP contribution in [-0.2, 0) is 17.9 Å². The number of hydrogen-bond acceptors (Lipinski definition) is 4. The summed E-state index contributed by atoms with van der Waals surface area (Å²) in [6, 6.07) is 2.44. The molecule has 0 bridgehead atoms. The van der Waals surface area contributed by atoms with E-state index in [0.29, 0.717) is 17.9 Å². The number of halogens is 2. The molecule has 0 radical (unpaired) electrons. The Balaban J connectivity index is 0.00000105. The van der Waals surface area contributed by atoms with Crippen molar-refractivity contribution in [3.8, 4) is 11.5 Å². The molecule has 9 heteroatoms. The second-order valence-corrected chi connectivity index (χ2v) is 7.43. The SMILES string of the molecule is Cl.Cl.O=C(C1CC1)N1CCCC(n2ccnc2-c2cc3n(n2)CCNC3)C1. The van der Waals surface area contributed by atoms with Crippen LogP contribution >= 0.6 is 24.8 Å². The van der Waals surface area contributed by atoms with E-state index in [1.54, 1.807) is 0 Å². The number of piperidine rings is 1. The summed E-state index contributed by atoms with van der Waals surface area (Å²) in [5, 5.41) is 8.13. The summed E-state index contributed by atoms with van der Waals surface area (Å²) in [4.78, 5) is 19.1. The average Bonchev–Trinajstić information content (AvgIpc) is 3.22. The quantitative estimate of drug-likeness (QED) is 0.839. The van der Waals surface area contributed by atoms with E-state index in [1.165, 1.54) is 5.69 Å². The molecule has 4 heterocycles. The van der Waals surface area contributed by atoms with Gasteiger partial charge in [0.15, 0.2) is 5.82 Å². The van der Waals surface area contributed by atoms with E-state index in [2.05, 4.69) is 30.5 Å². The van der Waals surface area contributed by atoms with Crippen molar-refractivity contribution in [3.63, 3.8) is 0 Å². The Hall–Kier alpha value is -1.57. The molecule has 2 fully saturated rings. The Morgan fingerprint density at radius 2 is 2.04 bits per heavy atom. The van der Waals surface area contributed by atoms with Gasteiger partial charge in [-0.05, 0) is 31.7 Å². The highest BCUT2D eigenvalue weighted by atomic mass is 35.5. The van der Waals surface area contributed by atoms with Gasteiger partial charge in [0.05, 0.1) is 18.3 Å². The van der Waals surface area contributed by atoms with Crippen LogP contribution in [0.25, 0.3) is 11.5 Å². The summed E-state index contributed by atoms with van der Waals surface area (Å²) in [7, 11) is 0. The molecule has 2 aromatic heterocycles. The van der Waals surface area contributed by atoms with Crippen molar-refractivity contribution in [2.45, 2.75) is 44.8 Å². The van der Waals surface area contributed by atoms with Crippen LogP contribution in [-0.4, -0.2) is 49.8 Å². The van der Waals surface area contributed by atoms with Gasteiger partial charge in [0.25, 0.3) is 0 Å². The van der Waals surface area contributed by atoms with Gasteiger partial charge in [0.2, 0.25) is 5.91 Å². The van der Waals surface area contributed by atoms with Gasteiger partial charge in [0.1, 0.15) is 5.69 Å². The van der Waals surface area contributed by atoms with Crippen molar-refractivity contribution in [1.82, 2.24) is 29.5 Å². The number of imidazole rings is 1. The van der Waals surface area contributed by atoms with Gasteiger partial charge in [-0.3, -0.25) is 9.48 Å². The first-order valence-corrected chi connectivity index (χ1v) is 9.39. The lowest BCUT2D eigenvalue weighted by molar-refractivity contribution is -0.134. The third-order valence-electron chi connectivity index (χ3n) is 5.60. The van der Waals surface area contributed by atoms with Crippen molar-refractivity contribution in [3.05, 3.63) is 24.2 Å². The van der Waals surface area contributed by atoms with Crippen LogP contribution in [0.5, 0.6) is 0 Å². The van der Waals surface area contributed by atoms with Gasteiger partial charge in [-0.25, -0.2) is 4.98 Å². The molecule has 0 aromatic carbocycles. The second-order valence-electron chi connectivity index (χ2n) is 7.43. The third kappa shape index (κ3) is 3.86. The molecule has 2 aliphatic heterocycles. The molecule has 2 aromatic rings. The number of aromatic nitrogens is 4. The van der Waals surface area contributed by atoms with Gasteiger partial charge < -0.3 is 14.8 Å². The highest BCUT2D eigenvalue weighted by Gasteiger charge is 2.36. The monoisotopic (exact) mass is 412 g/mol. The summed E-state index contributed by atoms with van der Waals surface area (Å²) < 4.78 is 4.31. The van der Waals surface area contributed by atoms with Crippen LogP contribution in [0.2, 0.25) is 0 Å². The number of likely N-dealkylation sites (tertiary alicyclic amines) is 1. The Morgan fingerprint density at radius 1 is 1.19 bits per heavy atom. The van der Waals surface area contributed by atoms with E-state index in [9.17, 15) is 4.79 Å². The van der Waals surface area contributed by atoms with Crippen LogP contribution in [0.3, 0.4) is 0 Å². The molecule has 27 heavy (non-hydrogen) atoms. The normalized spacial score (nSPS) is 21.8. The first-order valence-electron chi connectivity index (χ1n) is 9.39. The van der Waals surface area contributed by atoms with Crippen molar-refractivity contribution < 1.29 is 4.79 Å². The molecule has 1 saturated heterocycles. The fourth-order valence-corrected chi connectivity index (χ4v) is 4.08. The molecule has 7 nitrogen and oxygen atoms in total. The molecular formula is C18H26Cl2N6O. The summed E-state index contributed by atoms with van der Waals surface area (Å²) in [6.07, 6.45) is 8.20. The standard InChI is InChI=1S/C18H24N6O.2ClH/c25-18(13-3-4-13)22-7-1-2-14(12-22)23-8-6-20-17(23)16-10-15-11-19-5-9-24(15)21-16;;/h6,8,10,13-14,19H,1-5,7,9,11-12H2;2*1H. The van der Waals surface area contributed by atoms with Crippen LogP contribution in [0.1, 0.15) is 37.4 Å². The zero-order valence-corrected chi connectivity index (χ0v) is 16.8. The minimum Gasteiger partial charge on any atom is -0.340 e. The Bertz CT molecular complexity index is 776. The molecule has 5 rings (SSSR count). The van der Waals surface area contributed by atoms with E-state index >= 15 is 0 Å². The van der Waals surface area contributed by atoms with E-state index in [4.69, 9.17) is 5.10 Å². The van der Waals surface area contributed by atoms with E-state index in [-0.39, 0.29) is 24.8 Å². The van der Waals surface area contributed by atoms with E-state index in [1.807, 2.05) is 12.4 Å². The summed E-state index contributed by atoms with van der Waals surface area (Å²) in [5.41, 5.74) is 2.15. The lowest BCUT2D eigenvalue weighted by Gasteiger charge is -2.34. The van der Waals surface area contributed by atoms with Crippen LogP contribution < -0.4 is 5.32 Å². The Morgan fingerprint density at radius 3 is 2.81 bits per heavy atom. The number of hydrogen-bond donors (Lipinski definition) is 1. The lowest BCUT2D eigenvalue weighted by atomic mass is 10.0. The molecule has 3 aliphatic rings. The number of fused-ring (bicyclic) bond motifs is 1. The van der Waals surface area contributed by atoms with Gasteiger partial charge in [0, 0.05) is 44.5 Å². The number of nitrogens with zero attached hydrogens (tertiary/aromatic N) is 5. The first kappa shape index (κ1) is 20.2. The average molecular weight is 413 g/mol. The van der Waals surface area contributed by atoms with Crippen LogP contribution in [0.15, 0.2) is 18.5 Å². The smallest absolute Gasteiger partial charge is 0.225 e. The second kappa shape index (κ2) is 8.20. The molecule has 1 atom stereocenters. The molecule has 1 aliphatic carbocycles. The fraction of sp³-hybridized carbons (Fsp3) is 0.611. The number of rotatable bonds is 3. The predicted octanol–water partition coefficient (Wildman–Crippen LogP) is 2.27. The molecule has 1 unspecified atom stereocenters. The molecule has 1 N–H and O–H groups in total. The zero-order chi connectivity index (χ0) is 16.8. The number of nitrogens with one attached hydrogen (secondary N) is 1. The third-order valence-corrected chi connectivity index (χ3v) is 5.60. The topological polar surface area (TPSA) is 68.0 Å². The molecule has 1 amide bonds. The lowest BCUT2D eigenvalue weighted by Crippen LogP contribution is -2.41. The Kier molecular flexibility index (Phi) is 6.13. The predicted molar refractivity (Wildman–Crippen MR) is 107 cm³/mol. The summed E-state index contributed by atoms with van der Waals surface area (Å²) in [5.74, 6) is 1.58. The number of carbonyl (C=O) groups is 1. The fourth-order valence-electron chi connectivity index (χ4n) is 4.08. The van der Waals surface area contributed by atoms with Crippen molar-refractivity contribution in [2.24, 2.45) is 5.92 Å². The highest BCUT2D eigenvalue weighted by Crippen LogP contribution is 2.34. The van der Waals surface area contributed by atoms with Gasteiger partial charge in [-0.2, -0.15) is 5.10 Å². The van der Waals surface area contributed by atoms with Crippen LogP contribution in [0, 0.1) is 5.92 Å². The van der Waals surface area contributed by atoms with Gasteiger partial charge in [-0.15, -0.1) is 24.8 Å². The number of amides is 1. The molecular weight excluding hydrogens is 387 g/mol.